The van der Waals surface area contributed by atoms with Crippen molar-refractivity contribution in [2.45, 2.75) is 91.4 Å². The van der Waals surface area contributed by atoms with Gasteiger partial charge in [-0.2, -0.15) is 13.2 Å². The molecule has 278 valence electrons. The highest BCUT2D eigenvalue weighted by Gasteiger charge is 2.47. The Bertz CT molecular complexity index is 1960. The van der Waals surface area contributed by atoms with Crippen LogP contribution in [0.4, 0.5) is 22.0 Å². The summed E-state index contributed by atoms with van der Waals surface area (Å²) in [5.41, 5.74) is -0.153. The molecule has 0 unspecified atom stereocenters. The van der Waals surface area contributed by atoms with E-state index >= 15 is 4.39 Å². The summed E-state index contributed by atoms with van der Waals surface area (Å²) in [5.74, 6) is 1.54. The van der Waals surface area contributed by atoms with Gasteiger partial charge in [0.15, 0.2) is 0 Å². The Balaban J connectivity index is 1.55. The van der Waals surface area contributed by atoms with Gasteiger partial charge in [0.05, 0.1) is 23.6 Å². The van der Waals surface area contributed by atoms with Crippen molar-refractivity contribution >= 4 is 11.9 Å². The van der Waals surface area contributed by atoms with E-state index in [1.54, 1.807) is 27.7 Å². The van der Waals surface area contributed by atoms with E-state index in [2.05, 4.69) is 22.1 Å². The molecule has 12 heteroatoms. The van der Waals surface area contributed by atoms with Crippen molar-refractivity contribution in [3.05, 3.63) is 91.9 Å². The SMILES string of the molecule is CC#Cc1cc(-c2c(C)cc(F)cc2C)cc([C@@H](CC(=O)O)NC(=O)[C@@H](CC(C)C)n2cc(CCN3CCC4(CC4)C3)c(C(F)(F)F)cc2=O)c1F. The molecule has 0 radical (unpaired) electrons. The number of aromatic nitrogens is 1. The minimum absolute atomic E-state index is 0.00429. The van der Waals surface area contributed by atoms with E-state index in [9.17, 15) is 37.1 Å². The fraction of sp³-hybridized carbons (Fsp3) is 0.475. The van der Waals surface area contributed by atoms with Crippen molar-refractivity contribution < 1.29 is 36.6 Å². The lowest BCUT2D eigenvalue weighted by molar-refractivity contribution is -0.139. The second-order valence-electron chi connectivity index (χ2n) is 14.8. The Morgan fingerprint density at radius 2 is 1.71 bits per heavy atom. The molecule has 1 amide bonds. The van der Waals surface area contributed by atoms with Gasteiger partial charge in [-0.1, -0.05) is 19.8 Å². The number of alkyl halides is 3. The maximum absolute atomic E-state index is 16.2. The van der Waals surface area contributed by atoms with E-state index in [-0.39, 0.29) is 40.9 Å². The number of pyridine rings is 1. The topological polar surface area (TPSA) is 91.6 Å². The molecular formula is C40H44F5N3O4. The Labute approximate surface area is 300 Å². The second kappa shape index (κ2) is 15.2. The lowest BCUT2D eigenvalue weighted by Crippen LogP contribution is -2.41. The molecule has 1 aliphatic carbocycles. The van der Waals surface area contributed by atoms with Gasteiger partial charge in [0.2, 0.25) is 5.91 Å². The summed E-state index contributed by atoms with van der Waals surface area (Å²) in [4.78, 5) is 41.8. The molecule has 1 saturated carbocycles. The predicted octanol–water partition coefficient (Wildman–Crippen LogP) is 7.75. The number of carbonyl (C=O) groups excluding carboxylic acids is 1. The third-order valence-corrected chi connectivity index (χ3v) is 10.2. The van der Waals surface area contributed by atoms with Crippen LogP contribution in [0.5, 0.6) is 0 Å². The van der Waals surface area contributed by atoms with Gasteiger partial charge in [0, 0.05) is 30.9 Å². The molecule has 3 aromatic rings. The van der Waals surface area contributed by atoms with Gasteiger partial charge in [0.1, 0.15) is 17.7 Å². The first kappa shape index (κ1) is 38.7. The summed E-state index contributed by atoms with van der Waals surface area (Å²) < 4.78 is 74.0. The van der Waals surface area contributed by atoms with Crippen LogP contribution in [-0.2, 0) is 22.2 Å². The highest BCUT2D eigenvalue weighted by atomic mass is 19.4. The molecule has 2 aliphatic rings. The maximum atomic E-state index is 16.2. The molecule has 2 heterocycles. The van der Waals surface area contributed by atoms with Crippen LogP contribution in [0, 0.1) is 48.7 Å². The van der Waals surface area contributed by atoms with Crippen LogP contribution in [0.1, 0.15) is 98.3 Å². The zero-order chi connectivity index (χ0) is 38.1. The van der Waals surface area contributed by atoms with Gasteiger partial charge in [0.25, 0.3) is 5.56 Å². The van der Waals surface area contributed by atoms with Crippen LogP contribution in [0.3, 0.4) is 0 Å². The van der Waals surface area contributed by atoms with Crippen molar-refractivity contribution in [3.8, 4) is 23.0 Å². The first-order valence-electron chi connectivity index (χ1n) is 17.5. The zero-order valence-electron chi connectivity index (χ0n) is 30.0. The zero-order valence-corrected chi connectivity index (χ0v) is 30.0. The molecule has 2 atom stereocenters. The number of nitrogens with zero attached hydrogens (tertiary/aromatic N) is 2. The molecule has 2 fully saturated rings. The number of aryl methyl sites for hydroxylation is 2. The molecule has 52 heavy (non-hydrogen) atoms. The third-order valence-electron chi connectivity index (χ3n) is 10.2. The van der Waals surface area contributed by atoms with Crippen LogP contribution < -0.4 is 10.9 Å². The molecular weight excluding hydrogens is 681 g/mol. The lowest BCUT2D eigenvalue weighted by atomic mass is 9.90. The quantitative estimate of drug-likeness (QED) is 0.147. The van der Waals surface area contributed by atoms with E-state index in [1.165, 1.54) is 31.2 Å². The van der Waals surface area contributed by atoms with E-state index in [0.717, 1.165) is 43.1 Å². The fourth-order valence-corrected chi connectivity index (χ4v) is 7.49. The molecule has 5 rings (SSSR count). The molecule has 1 saturated heterocycles. The van der Waals surface area contributed by atoms with E-state index < -0.39 is 59.3 Å². The lowest BCUT2D eigenvalue weighted by Gasteiger charge is -2.27. The Morgan fingerprint density at radius 3 is 2.27 bits per heavy atom. The van der Waals surface area contributed by atoms with E-state index in [1.807, 2.05) is 0 Å². The number of carbonyl (C=O) groups is 2. The number of nitrogens with one attached hydrogen (secondary N) is 1. The van der Waals surface area contributed by atoms with Crippen molar-refractivity contribution in [1.82, 2.24) is 14.8 Å². The summed E-state index contributed by atoms with van der Waals surface area (Å²) >= 11 is 0. The molecule has 1 aliphatic heterocycles. The van der Waals surface area contributed by atoms with Gasteiger partial charge < -0.3 is 19.9 Å². The van der Waals surface area contributed by atoms with Gasteiger partial charge in [-0.3, -0.25) is 14.4 Å². The summed E-state index contributed by atoms with van der Waals surface area (Å²) in [7, 11) is 0. The number of rotatable bonds is 12. The van der Waals surface area contributed by atoms with E-state index in [4.69, 9.17) is 0 Å². The number of carboxylic acid groups (broad SMARTS) is 1. The smallest absolute Gasteiger partial charge is 0.416 e. The number of halogens is 5. The first-order chi connectivity index (χ1) is 24.4. The molecule has 2 N–H and O–H groups in total. The predicted molar refractivity (Wildman–Crippen MR) is 188 cm³/mol. The van der Waals surface area contributed by atoms with Crippen LogP contribution >= 0.6 is 0 Å². The van der Waals surface area contributed by atoms with Crippen molar-refractivity contribution in [2.24, 2.45) is 11.3 Å². The minimum Gasteiger partial charge on any atom is -0.481 e. The summed E-state index contributed by atoms with van der Waals surface area (Å²) in [5, 5.41) is 12.5. The number of amides is 1. The van der Waals surface area contributed by atoms with Crippen molar-refractivity contribution in [1.29, 1.82) is 0 Å². The van der Waals surface area contributed by atoms with E-state index in [0.29, 0.717) is 34.9 Å². The summed E-state index contributed by atoms with van der Waals surface area (Å²) in [6, 6.07) is 3.20. The number of carboxylic acids is 1. The molecule has 7 nitrogen and oxygen atoms in total. The van der Waals surface area contributed by atoms with Crippen LogP contribution in [0.15, 0.2) is 41.3 Å². The summed E-state index contributed by atoms with van der Waals surface area (Å²) in [6.07, 6.45) is -1.20. The van der Waals surface area contributed by atoms with Crippen molar-refractivity contribution in [3.63, 3.8) is 0 Å². The van der Waals surface area contributed by atoms with Crippen LogP contribution in [-0.4, -0.2) is 46.1 Å². The Hall–Kier alpha value is -4.50. The molecule has 0 bridgehead atoms. The molecule has 1 spiro atoms. The largest absolute Gasteiger partial charge is 0.481 e. The normalized spacial score (nSPS) is 16.4. The maximum Gasteiger partial charge on any atom is 0.416 e. The Morgan fingerprint density at radius 1 is 1.04 bits per heavy atom. The third kappa shape index (κ3) is 8.75. The van der Waals surface area contributed by atoms with Gasteiger partial charge >= 0.3 is 12.1 Å². The van der Waals surface area contributed by atoms with Crippen LogP contribution in [0.2, 0.25) is 0 Å². The highest BCUT2D eigenvalue weighted by Crippen LogP contribution is 2.52. The van der Waals surface area contributed by atoms with Gasteiger partial charge in [-0.25, -0.2) is 8.78 Å². The molecule has 2 aromatic carbocycles. The number of hydrogen-bond donors (Lipinski definition) is 2. The monoisotopic (exact) mass is 725 g/mol. The van der Waals surface area contributed by atoms with Crippen molar-refractivity contribution in [2.75, 3.05) is 19.6 Å². The Kier molecular flexibility index (Phi) is 11.3. The highest BCUT2D eigenvalue weighted by molar-refractivity contribution is 5.82. The summed E-state index contributed by atoms with van der Waals surface area (Å²) in [6.45, 7) is 10.4. The van der Waals surface area contributed by atoms with Crippen LogP contribution in [0.25, 0.3) is 11.1 Å². The fourth-order valence-electron chi connectivity index (χ4n) is 7.49. The minimum atomic E-state index is -4.80. The first-order valence-corrected chi connectivity index (χ1v) is 17.5. The number of hydrogen-bond acceptors (Lipinski definition) is 4. The number of aliphatic carboxylic acids is 1. The van der Waals surface area contributed by atoms with Gasteiger partial charge in [-0.05, 0) is 123 Å². The number of benzene rings is 2. The standard InChI is InChI=1S/C40H44F5N3O4/c1-6-7-26-17-28(36-24(4)15-29(41)16-25(36)5)18-30(37(26)42)32(20-35(50)51)46-38(52)33(14-23(2)3)48-21-27(31(19-34(48)49)40(43,44)45)8-12-47-13-11-39(22-47)9-10-39/h15-19,21,23,32-33H,8-14,20,22H2,1-5H3,(H,46,52)(H,50,51)/t32-,33-/m1/s1. The average Bonchev–Trinajstić information content (AvgIpc) is 3.68. The molecule has 1 aromatic heterocycles. The second-order valence-corrected chi connectivity index (χ2v) is 14.8. The number of likely N-dealkylation sites (tertiary alicyclic amines) is 1. The van der Waals surface area contributed by atoms with Gasteiger partial charge in [-0.15, -0.1) is 5.92 Å². The average molecular weight is 726 g/mol.